The molecule has 0 aromatic heterocycles. The summed E-state index contributed by atoms with van der Waals surface area (Å²) in [6, 6.07) is 3.95. The van der Waals surface area contributed by atoms with Crippen molar-refractivity contribution in [1.82, 2.24) is 5.32 Å². The summed E-state index contributed by atoms with van der Waals surface area (Å²) in [6.45, 7) is 4.58. The van der Waals surface area contributed by atoms with Crippen LogP contribution in [0.25, 0.3) is 0 Å². The first kappa shape index (κ1) is 17.3. The Bertz CT molecular complexity index is 399. The summed E-state index contributed by atoms with van der Waals surface area (Å²) in [5.41, 5.74) is 1.15. The number of methoxy groups -OCH3 is 1. The van der Waals surface area contributed by atoms with E-state index in [0.29, 0.717) is 6.61 Å². The fourth-order valence-corrected chi connectivity index (χ4v) is 2.36. The summed E-state index contributed by atoms with van der Waals surface area (Å²) in [7, 11) is 1.64. The lowest BCUT2D eigenvalue weighted by atomic mass is 10.2. The van der Waals surface area contributed by atoms with Crippen LogP contribution in [0.1, 0.15) is 31.7 Å². The fraction of sp³-hybridized carbons (Fsp3) is 0.600. The molecule has 0 aliphatic carbocycles. The number of hydrogen-bond donors (Lipinski definition) is 2. The van der Waals surface area contributed by atoms with E-state index in [1.807, 2.05) is 19.1 Å². The van der Waals surface area contributed by atoms with E-state index in [2.05, 4.69) is 21.2 Å². The van der Waals surface area contributed by atoms with Crippen LogP contribution in [0.3, 0.4) is 0 Å². The van der Waals surface area contributed by atoms with Gasteiger partial charge in [0.1, 0.15) is 0 Å². The second-order valence-electron chi connectivity index (χ2n) is 4.49. The van der Waals surface area contributed by atoms with E-state index in [1.165, 1.54) is 0 Å². The Morgan fingerprint density at radius 1 is 1.20 bits per heavy atom. The van der Waals surface area contributed by atoms with Gasteiger partial charge in [0.25, 0.3) is 0 Å². The third-order valence-corrected chi connectivity index (χ3v) is 3.70. The van der Waals surface area contributed by atoms with Crippen molar-refractivity contribution in [1.29, 1.82) is 0 Å². The first-order valence-corrected chi connectivity index (χ1v) is 7.83. The maximum absolute atomic E-state index is 8.72. The van der Waals surface area contributed by atoms with Crippen LogP contribution < -0.4 is 14.8 Å². The van der Waals surface area contributed by atoms with Crippen LogP contribution in [0, 0.1) is 0 Å². The lowest BCUT2D eigenvalue weighted by Gasteiger charge is -2.13. The first-order chi connectivity index (χ1) is 9.72. The van der Waals surface area contributed by atoms with Gasteiger partial charge in [0.2, 0.25) is 0 Å². The van der Waals surface area contributed by atoms with Crippen molar-refractivity contribution < 1.29 is 14.6 Å². The van der Waals surface area contributed by atoms with E-state index in [9.17, 15) is 0 Å². The predicted molar refractivity (Wildman–Crippen MR) is 84.5 cm³/mol. The molecule has 5 heteroatoms. The summed E-state index contributed by atoms with van der Waals surface area (Å²) in [5.74, 6) is 1.51. The van der Waals surface area contributed by atoms with E-state index < -0.39 is 0 Å². The largest absolute Gasteiger partial charge is 0.493 e. The summed E-state index contributed by atoms with van der Waals surface area (Å²) in [5, 5.41) is 12.1. The monoisotopic (exact) mass is 345 g/mol. The van der Waals surface area contributed by atoms with Gasteiger partial charge in [0, 0.05) is 17.6 Å². The Hall–Kier alpha value is -0.780. The van der Waals surface area contributed by atoms with E-state index in [1.54, 1.807) is 7.11 Å². The van der Waals surface area contributed by atoms with Gasteiger partial charge < -0.3 is 19.9 Å². The van der Waals surface area contributed by atoms with Crippen LogP contribution >= 0.6 is 15.9 Å². The van der Waals surface area contributed by atoms with Gasteiger partial charge in [-0.3, -0.25) is 0 Å². The second-order valence-corrected chi connectivity index (χ2v) is 5.34. The highest BCUT2D eigenvalue weighted by Gasteiger charge is 2.09. The molecule has 1 rings (SSSR count). The Balaban J connectivity index is 2.54. The van der Waals surface area contributed by atoms with Gasteiger partial charge in [-0.15, -0.1) is 0 Å². The number of benzene rings is 1. The van der Waals surface area contributed by atoms with Gasteiger partial charge in [-0.1, -0.05) is 15.9 Å². The molecule has 2 N–H and O–H groups in total. The molecule has 0 aliphatic heterocycles. The molecular formula is C15H24BrNO3. The minimum absolute atomic E-state index is 0.280. The minimum Gasteiger partial charge on any atom is -0.493 e. The number of aliphatic hydroxyl groups excluding tert-OH is 1. The Morgan fingerprint density at radius 3 is 2.65 bits per heavy atom. The second kappa shape index (κ2) is 10.0. The van der Waals surface area contributed by atoms with Crippen molar-refractivity contribution in [2.24, 2.45) is 0 Å². The molecule has 0 unspecified atom stereocenters. The quantitative estimate of drug-likeness (QED) is 0.639. The number of halogens is 1. The molecule has 0 radical (unpaired) electrons. The van der Waals surface area contributed by atoms with Crippen molar-refractivity contribution in [3.05, 3.63) is 22.2 Å². The van der Waals surface area contributed by atoms with E-state index in [-0.39, 0.29) is 6.61 Å². The van der Waals surface area contributed by atoms with Crippen LogP contribution in [-0.4, -0.2) is 32.0 Å². The SMILES string of the molecule is CCOc1cc(CNCCCCCO)c(Br)cc1OC. The molecule has 0 bridgehead atoms. The molecule has 1 aromatic rings. The van der Waals surface area contributed by atoms with Crippen molar-refractivity contribution in [3.8, 4) is 11.5 Å². The van der Waals surface area contributed by atoms with Crippen molar-refractivity contribution >= 4 is 15.9 Å². The maximum atomic E-state index is 8.72. The van der Waals surface area contributed by atoms with E-state index >= 15 is 0 Å². The molecule has 114 valence electrons. The maximum Gasteiger partial charge on any atom is 0.161 e. The molecule has 0 saturated carbocycles. The zero-order valence-corrected chi connectivity index (χ0v) is 13.8. The number of ether oxygens (including phenoxy) is 2. The molecule has 0 atom stereocenters. The molecule has 0 fully saturated rings. The molecule has 0 heterocycles. The van der Waals surface area contributed by atoms with Gasteiger partial charge in [0.05, 0.1) is 13.7 Å². The first-order valence-electron chi connectivity index (χ1n) is 7.03. The third kappa shape index (κ3) is 5.69. The third-order valence-electron chi connectivity index (χ3n) is 2.96. The van der Waals surface area contributed by atoms with Crippen molar-refractivity contribution in [3.63, 3.8) is 0 Å². The molecule has 0 amide bonds. The lowest BCUT2D eigenvalue weighted by molar-refractivity contribution is 0.283. The predicted octanol–water partition coefficient (Wildman–Crippen LogP) is 3.11. The van der Waals surface area contributed by atoms with E-state index in [4.69, 9.17) is 14.6 Å². The normalized spacial score (nSPS) is 10.6. The molecule has 0 saturated heterocycles. The zero-order valence-electron chi connectivity index (χ0n) is 12.2. The smallest absolute Gasteiger partial charge is 0.161 e. The van der Waals surface area contributed by atoms with Gasteiger partial charge in [-0.25, -0.2) is 0 Å². The summed E-state index contributed by atoms with van der Waals surface area (Å²) in [6.07, 6.45) is 3.01. The Morgan fingerprint density at radius 2 is 2.00 bits per heavy atom. The van der Waals surface area contributed by atoms with Gasteiger partial charge in [0.15, 0.2) is 11.5 Å². The Labute approximate surface area is 129 Å². The number of unbranched alkanes of at least 4 members (excludes halogenated alkanes) is 2. The highest BCUT2D eigenvalue weighted by molar-refractivity contribution is 9.10. The van der Waals surface area contributed by atoms with Crippen LogP contribution in [-0.2, 0) is 6.54 Å². The molecule has 0 aliphatic rings. The summed E-state index contributed by atoms with van der Waals surface area (Å²) >= 11 is 3.56. The number of hydrogen-bond acceptors (Lipinski definition) is 4. The topological polar surface area (TPSA) is 50.7 Å². The summed E-state index contributed by atoms with van der Waals surface area (Å²) in [4.78, 5) is 0. The molecule has 20 heavy (non-hydrogen) atoms. The van der Waals surface area contributed by atoms with Crippen LogP contribution in [0.4, 0.5) is 0 Å². The van der Waals surface area contributed by atoms with Crippen LogP contribution in [0.5, 0.6) is 11.5 Å². The molecular weight excluding hydrogens is 322 g/mol. The highest BCUT2D eigenvalue weighted by Crippen LogP contribution is 2.33. The van der Waals surface area contributed by atoms with Gasteiger partial charge >= 0.3 is 0 Å². The number of nitrogens with one attached hydrogen (secondary N) is 1. The summed E-state index contributed by atoms with van der Waals surface area (Å²) < 4.78 is 11.9. The molecule has 1 aromatic carbocycles. The fourth-order valence-electron chi connectivity index (χ4n) is 1.90. The highest BCUT2D eigenvalue weighted by atomic mass is 79.9. The van der Waals surface area contributed by atoms with Gasteiger partial charge in [-0.05, 0) is 50.4 Å². The van der Waals surface area contributed by atoms with Crippen LogP contribution in [0.15, 0.2) is 16.6 Å². The average Bonchev–Trinajstić information content (AvgIpc) is 2.45. The zero-order chi connectivity index (χ0) is 14.8. The van der Waals surface area contributed by atoms with Crippen LogP contribution in [0.2, 0.25) is 0 Å². The molecule has 4 nitrogen and oxygen atoms in total. The number of rotatable bonds is 10. The number of aliphatic hydroxyl groups is 1. The lowest BCUT2D eigenvalue weighted by Crippen LogP contribution is -2.15. The van der Waals surface area contributed by atoms with E-state index in [0.717, 1.165) is 53.9 Å². The average molecular weight is 346 g/mol. The van der Waals surface area contributed by atoms with Gasteiger partial charge in [-0.2, -0.15) is 0 Å². The van der Waals surface area contributed by atoms with Crippen molar-refractivity contribution in [2.75, 3.05) is 26.9 Å². The minimum atomic E-state index is 0.280. The Kier molecular flexibility index (Phi) is 8.65. The standard InChI is InChI=1S/C15H24BrNO3/c1-3-20-15-9-12(13(16)10-14(15)19-2)11-17-7-5-4-6-8-18/h9-10,17-18H,3-8,11H2,1-2H3. The van der Waals surface area contributed by atoms with Crippen molar-refractivity contribution in [2.45, 2.75) is 32.7 Å². The molecule has 0 spiro atoms.